The summed E-state index contributed by atoms with van der Waals surface area (Å²) >= 11 is 0. The zero-order valence-electron chi connectivity index (χ0n) is 19.4. The van der Waals surface area contributed by atoms with Crippen molar-refractivity contribution in [1.82, 2.24) is 4.98 Å². The van der Waals surface area contributed by atoms with Crippen LogP contribution in [-0.2, 0) is 10.0 Å². The van der Waals surface area contributed by atoms with Crippen molar-refractivity contribution in [2.24, 2.45) is 0 Å². The summed E-state index contributed by atoms with van der Waals surface area (Å²) in [5.74, 6) is -1.57. The van der Waals surface area contributed by atoms with Gasteiger partial charge in [-0.2, -0.15) is 0 Å². The number of benzene rings is 3. The van der Waals surface area contributed by atoms with E-state index >= 15 is 0 Å². The number of nitrogens with zero attached hydrogens (tertiary/aromatic N) is 3. The van der Waals surface area contributed by atoms with E-state index in [0.717, 1.165) is 24.3 Å². The molecular formula is C26H22F2N4O4S. The molecule has 0 bridgehead atoms. The van der Waals surface area contributed by atoms with Gasteiger partial charge in [0.1, 0.15) is 17.5 Å². The van der Waals surface area contributed by atoms with Crippen molar-refractivity contribution < 1.29 is 27.1 Å². The fraction of sp³-hybridized carbons (Fsp3) is 0.154. The summed E-state index contributed by atoms with van der Waals surface area (Å²) in [6.45, 7) is 2.10. The number of sulfonamides is 1. The highest BCUT2D eigenvalue weighted by atomic mass is 32.2. The number of carboxylic acid groups (broad SMARTS) is 1. The normalized spacial score (nSPS) is 14.1. The van der Waals surface area contributed by atoms with Gasteiger partial charge in [0.2, 0.25) is 0 Å². The molecule has 5 rings (SSSR count). The van der Waals surface area contributed by atoms with E-state index in [1.54, 1.807) is 24.3 Å². The number of carbonyl (C=O) groups is 1. The zero-order valence-corrected chi connectivity index (χ0v) is 20.3. The van der Waals surface area contributed by atoms with Crippen molar-refractivity contribution in [1.29, 1.82) is 0 Å². The minimum atomic E-state index is -4.01. The third-order valence-corrected chi connectivity index (χ3v) is 7.60. The molecule has 2 N–H and O–H groups in total. The van der Waals surface area contributed by atoms with Crippen molar-refractivity contribution in [2.45, 2.75) is 4.90 Å². The maximum atomic E-state index is 14.2. The van der Waals surface area contributed by atoms with Crippen LogP contribution >= 0.6 is 0 Å². The summed E-state index contributed by atoms with van der Waals surface area (Å²) in [5, 5.41) is 10.1. The first-order valence-corrected chi connectivity index (χ1v) is 12.9. The average molecular weight is 525 g/mol. The van der Waals surface area contributed by atoms with Gasteiger partial charge in [0.25, 0.3) is 10.0 Å². The van der Waals surface area contributed by atoms with E-state index in [1.807, 2.05) is 9.80 Å². The van der Waals surface area contributed by atoms with Crippen LogP contribution in [-0.4, -0.2) is 50.7 Å². The summed E-state index contributed by atoms with van der Waals surface area (Å²) in [7, 11) is -4.01. The van der Waals surface area contributed by atoms with Gasteiger partial charge in [-0.25, -0.2) is 27.0 Å². The van der Waals surface area contributed by atoms with Gasteiger partial charge in [0, 0.05) is 37.3 Å². The molecule has 0 atom stereocenters. The van der Waals surface area contributed by atoms with Crippen molar-refractivity contribution >= 4 is 44.1 Å². The van der Waals surface area contributed by atoms with Crippen molar-refractivity contribution in [3.05, 3.63) is 90.0 Å². The Bertz CT molecular complexity index is 1590. The molecule has 0 saturated carbocycles. The van der Waals surface area contributed by atoms with Crippen molar-refractivity contribution in [3.8, 4) is 0 Å². The van der Waals surface area contributed by atoms with Crippen LogP contribution < -0.4 is 14.5 Å². The Morgan fingerprint density at radius 3 is 2.24 bits per heavy atom. The molecule has 0 aliphatic carbocycles. The molecule has 37 heavy (non-hydrogen) atoms. The van der Waals surface area contributed by atoms with Gasteiger partial charge in [-0.05, 0) is 60.7 Å². The fourth-order valence-electron chi connectivity index (χ4n) is 4.33. The lowest BCUT2D eigenvalue weighted by Gasteiger charge is -2.37. The number of para-hydroxylation sites is 1. The third kappa shape index (κ3) is 5.03. The molecule has 0 spiro atoms. The fourth-order valence-corrected chi connectivity index (χ4v) is 5.38. The number of pyridine rings is 1. The van der Waals surface area contributed by atoms with E-state index in [1.165, 1.54) is 24.3 Å². The van der Waals surface area contributed by atoms with Crippen LogP contribution in [0.15, 0.2) is 77.7 Å². The molecule has 1 fully saturated rings. The van der Waals surface area contributed by atoms with E-state index < -0.39 is 21.8 Å². The highest BCUT2D eigenvalue weighted by Crippen LogP contribution is 2.29. The van der Waals surface area contributed by atoms with Crippen molar-refractivity contribution in [2.75, 3.05) is 40.7 Å². The number of hydrogen-bond donors (Lipinski definition) is 2. The Morgan fingerprint density at radius 2 is 1.57 bits per heavy atom. The SMILES string of the molecule is O=C(O)c1cc(N2CCN(c3ccccc3F)CC2)nc2ccc(NS(=O)(=O)c3ccc(F)cc3)cc12. The first kappa shape index (κ1) is 24.4. The maximum absolute atomic E-state index is 14.2. The second kappa shape index (κ2) is 9.66. The monoisotopic (exact) mass is 524 g/mol. The van der Waals surface area contributed by atoms with Crippen LogP contribution in [0.25, 0.3) is 10.9 Å². The molecule has 1 aromatic heterocycles. The number of rotatable bonds is 6. The highest BCUT2D eigenvalue weighted by Gasteiger charge is 2.23. The minimum absolute atomic E-state index is 0.0284. The van der Waals surface area contributed by atoms with Gasteiger partial charge >= 0.3 is 5.97 Å². The number of aromatic carboxylic acids is 1. The molecule has 0 radical (unpaired) electrons. The number of halogens is 2. The van der Waals surface area contributed by atoms with Crippen LogP contribution in [0.5, 0.6) is 0 Å². The second-order valence-corrected chi connectivity index (χ2v) is 10.2. The Balaban J connectivity index is 1.41. The maximum Gasteiger partial charge on any atom is 0.336 e. The molecule has 190 valence electrons. The Kier molecular flexibility index (Phi) is 6.38. The van der Waals surface area contributed by atoms with E-state index in [0.29, 0.717) is 43.2 Å². The molecule has 3 aromatic carbocycles. The molecule has 1 aliphatic heterocycles. The Morgan fingerprint density at radius 1 is 0.892 bits per heavy atom. The van der Waals surface area contributed by atoms with Crippen LogP contribution in [0.4, 0.5) is 26.0 Å². The lowest BCUT2D eigenvalue weighted by Crippen LogP contribution is -2.47. The average Bonchev–Trinajstić information content (AvgIpc) is 2.88. The summed E-state index contributed by atoms with van der Waals surface area (Å²) in [5.41, 5.74) is 1.03. The summed E-state index contributed by atoms with van der Waals surface area (Å²) in [6, 6.07) is 16.8. The standard InChI is InChI=1S/C26H22F2N4O4S/c27-17-5-8-19(9-6-17)37(35,36)30-18-7-10-23-20(15-18)21(26(33)34)16-25(29-23)32-13-11-31(12-14-32)24-4-2-1-3-22(24)28/h1-10,15-16,30H,11-14H2,(H,33,34). The first-order chi connectivity index (χ1) is 17.7. The van der Waals surface area contributed by atoms with E-state index in [-0.39, 0.29) is 27.3 Å². The minimum Gasteiger partial charge on any atom is -0.478 e. The Hall–Kier alpha value is -4.25. The number of aromatic nitrogens is 1. The second-order valence-electron chi connectivity index (χ2n) is 8.55. The largest absolute Gasteiger partial charge is 0.478 e. The van der Waals surface area contributed by atoms with Crippen molar-refractivity contribution in [3.63, 3.8) is 0 Å². The molecule has 11 heteroatoms. The smallest absolute Gasteiger partial charge is 0.336 e. The summed E-state index contributed by atoms with van der Waals surface area (Å²) < 4.78 is 55.1. The molecule has 2 heterocycles. The highest BCUT2D eigenvalue weighted by molar-refractivity contribution is 7.92. The van der Waals surface area contributed by atoms with Crippen LogP contribution in [0.3, 0.4) is 0 Å². The number of piperazine rings is 1. The topological polar surface area (TPSA) is 103 Å². The number of fused-ring (bicyclic) bond motifs is 1. The van der Waals surface area contributed by atoms with Gasteiger partial charge in [-0.1, -0.05) is 12.1 Å². The molecule has 1 aliphatic rings. The van der Waals surface area contributed by atoms with E-state index in [9.17, 15) is 27.1 Å². The summed E-state index contributed by atoms with van der Waals surface area (Å²) in [4.78, 5) is 20.5. The number of hydrogen-bond acceptors (Lipinski definition) is 6. The van der Waals surface area contributed by atoms with Crippen LogP contribution in [0.2, 0.25) is 0 Å². The van der Waals surface area contributed by atoms with Gasteiger partial charge in [0.15, 0.2) is 0 Å². The number of nitrogens with one attached hydrogen (secondary N) is 1. The number of anilines is 3. The van der Waals surface area contributed by atoms with Gasteiger partial charge in [-0.15, -0.1) is 0 Å². The first-order valence-electron chi connectivity index (χ1n) is 11.4. The molecular weight excluding hydrogens is 502 g/mol. The predicted octanol–water partition coefficient (Wildman–Crippen LogP) is 4.34. The van der Waals surface area contributed by atoms with Gasteiger partial charge in [0.05, 0.1) is 21.7 Å². The Labute approximate surface area is 211 Å². The predicted molar refractivity (Wildman–Crippen MR) is 137 cm³/mol. The van der Waals surface area contributed by atoms with E-state index in [4.69, 9.17) is 0 Å². The van der Waals surface area contributed by atoms with Gasteiger partial charge < -0.3 is 14.9 Å². The van der Waals surface area contributed by atoms with E-state index in [2.05, 4.69) is 9.71 Å². The van der Waals surface area contributed by atoms with Crippen LogP contribution in [0, 0.1) is 11.6 Å². The van der Waals surface area contributed by atoms with Crippen LogP contribution in [0.1, 0.15) is 10.4 Å². The molecule has 0 unspecified atom stereocenters. The van der Waals surface area contributed by atoms with Gasteiger partial charge in [-0.3, -0.25) is 4.72 Å². The lowest BCUT2D eigenvalue weighted by atomic mass is 10.1. The zero-order chi connectivity index (χ0) is 26.2. The summed E-state index contributed by atoms with van der Waals surface area (Å²) in [6.07, 6.45) is 0. The molecule has 8 nitrogen and oxygen atoms in total. The number of carboxylic acids is 1. The molecule has 0 amide bonds. The third-order valence-electron chi connectivity index (χ3n) is 6.20. The lowest BCUT2D eigenvalue weighted by molar-refractivity contribution is 0.0699. The quantitative estimate of drug-likeness (QED) is 0.387. The molecule has 4 aromatic rings. The molecule has 1 saturated heterocycles.